The minimum absolute atomic E-state index is 0.0493. The van der Waals surface area contributed by atoms with Crippen LogP contribution in [0.5, 0.6) is 0 Å². The second-order valence-corrected chi connectivity index (χ2v) is 4.78. The molecule has 2 aromatic rings. The van der Waals surface area contributed by atoms with E-state index >= 15 is 0 Å². The molecule has 0 spiro atoms. The molecule has 82 valence electrons. The molecular formula is C12H9BrClNO. The topological polar surface area (TPSA) is 22.0 Å². The number of aromatic nitrogens is 1. The highest BCUT2D eigenvalue weighted by Gasteiger charge is 2.05. The van der Waals surface area contributed by atoms with Gasteiger partial charge < -0.3 is 0 Å². The molecule has 0 bridgehead atoms. The van der Waals surface area contributed by atoms with Crippen LogP contribution in [0.15, 0.2) is 45.8 Å². The first-order valence-electron chi connectivity index (χ1n) is 4.73. The van der Waals surface area contributed by atoms with Crippen LogP contribution in [0.25, 0.3) is 5.69 Å². The summed E-state index contributed by atoms with van der Waals surface area (Å²) in [6.07, 6.45) is 1.71. The van der Waals surface area contributed by atoms with E-state index in [1.807, 2.05) is 18.2 Å². The molecule has 1 heterocycles. The average molecular weight is 299 g/mol. The van der Waals surface area contributed by atoms with Gasteiger partial charge in [-0.1, -0.05) is 33.6 Å². The zero-order chi connectivity index (χ0) is 11.7. The van der Waals surface area contributed by atoms with Crippen molar-refractivity contribution in [3.8, 4) is 5.69 Å². The molecule has 0 amide bonds. The van der Waals surface area contributed by atoms with E-state index in [0.717, 1.165) is 4.47 Å². The number of halogens is 2. The highest BCUT2D eigenvalue weighted by Crippen LogP contribution is 2.23. The molecule has 0 saturated heterocycles. The van der Waals surface area contributed by atoms with Gasteiger partial charge in [-0.05, 0) is 31.2 Å². The van der Waals surface area contributed by atoms with Crippen molar-refractivity contribution in [1.82, 2.24) is 4.57 Å². The standard InChI is InChI=1S/C12H9BrClNO/c1-8-3-2-6-15(12(8)16)11-5-4-9(13)7-10(11)14/h2-7H,1H3. The minimum atomic E-state index is -0.0493. The van der Waals surface area contributed by atoms with Gasteiger partial charge >= 0.3 is 0 Å². The normalized spacial score (nSPS) is 10.4. The Hall–Kier alpha value is -1.06. The summed E-state index contributed by atoms with van der Waals surface area (Å²) in [5, 5.41) is 0.544. The number of nitrogens with zero attached hydrogens (tertiary/aromatic N) is 1. The summed E-state index contributed by atoms with van der Waals surface area (Å²) in [7, 11) is 0. The third-order valence-corrected chi connectivity index (χ3v) is 3.10. The molecule has 0 radical (unpaired) electrons. The van der Waals surface area contributed by atoms with Crippen LogP contribution in [0, 0.1) is 6.92 Å². The molecule has 1 aromatic carbocycles. The van der Waals surface area contributed by atoms with Crippen LogP contribution in [0.1, 0.15) is 5.56 Å². The van der Waals surface area contributed by atoms with Crippen LogP contribution in [0.3, 0.4) is 0 Å². The second kappa shape index (κ2) is 4.44. The Morgan fingerprint density at radius 1 is 1.31 bits per heavy atom. The quantitative estimate of drug-likeness (QED) is 0.789. The van der Waals surface area contributed by atoms with Gasteiger partial charge in [-0.3, -0.25) is 9.36 Å². The van der Waals surface area contributed by atoms with Crippen molar-refractivity contribution in [2.24, 2.45) is 0 Å². The van der Waals surface area contributed by atoms with E-state index in [1.165, 1.54) is 0 Å². The van der Waals surface area contributed by atoms with Crippen LogP contribution in [-0.2, 0) is 0 Å². The Kier molecular flexibility index (Phi) is 3.17. The third-order valence-electron chi connectivity index (χ3n) is 2.31. The maximum absolute atomic E-state index is 11.9. The monoisotopic (exact) mass is 297 g/mol. The highest BCUT2D eigenvalue weighted by atomic mass is 79.9. The van der Waals surface area contributed by atoms with E-state index in [4.69, 9.17) is 11.6 Å². The summed E-state index contributed by atoms with van der Waals surface area (Å²) in [4.78, 5) is 11.9. The van der Waals surface area contributed by atoms with Gasteiger partial charge in [-0.15, -0.1) is 0 Å². The van der Waals surface area contributed by atoms with Crippen molar-refractivity contribution in [1.29, 1.82) is 0 Å². The molecule has 0 aliphatic heterocycles. The summed E-state index contributed by atoms with van der Waals surface area (Å²) in [5.41, 5.74) is 1.34. The smallest absolute Gasteiger partial charge is 0.258 e. The van der Waals surface area contributed by atoms with Crippen LogP contribution in [0.2, 0.25) is 5.02 Å². The summed E-state index contributed by atoms with van der Waals surface area (Å²) < 4.78 is 2.44. The van der Waals surface area contributed by atoms with Crippen molar-refractivity contribution >= 4 is 27.5 Å². The van der Waals surface area contributed by atoms with E-state index < -0.39 is 0 Å². The fourth-order valence-electron chi connectivity index (χ4n) is 1.47. The van der Waals surface area contributed by atoms with Gasteiger partial charge in [0.15, 0.2) is 0 Å². The fraction of sp³-hybridized carbons (Fsp3) is 0.0833. The predicted octanol–water partition coefficient (Wildman–Crippen LogP) is 3.56. The molecule has 0 fully saturated rings. The van der Waals surface area contributed by atoms with E-state index in [-0.39, 0.29) is 5.56 Å². The number of rotatable bonds is 1. The maximum atomic E-state index is 11.9. The molecule has 16 heavy (non-hydrogen) atoms. The molecule has 0 unspecified atom stereocenters. The SMILES string of the molecule is Cc1cccn(-c2ccc(Br)cc2Cl)c1=O. The fourth-order valence-corrected chi connectivity index (χ4v) is 2.23. The maximum Gasteiger partial charge on any atom is 0.258 e. The van der Waals surface area contributed by atoms with Gasteiger partial charge in [-0.2, -0.15) is 0 Å². The van der Waals surface area contributed by atoms with Gasteiger partial charge in [0.1, 0.15) is 0 Å². The lowest BCUT2D eigenvalue weighted by Crippen LogP contribution is -2.19. The Morgan fingerprint density at radius 2 is 2.06 bits per heavy atom. The first-order chi connectivity index (χ1) is 7.59. The van der Waals surface area contributed by atoms with Gasteiger partial charge in [0.05, 0.1) is 10.7 Å². The molecule has 0 atom stereocenters. The number of hydrogen-bond donors (Lipinski definition) is 0. The molecule has 2 rings (SSSR count). The zero-order valence-electron chi connectivity index (χ0n) is 8.58. The molecule has 0 aliphatic carbocycles. The van der Waals surface area contributed by atoms with Gasteiger partial charge in [0.25, 0.3) is 5.56 Å². The van der Waals surface area contributed by atoms with Crippen LogP contribution < -0.4 is 5.56 Å². The molecule has 1 aromatic heterocycles. The van der Waals surface area contributed by atoms with Crippen LogP contribution in [-0.4, -0.2) is 4.57 Å². The van der Waals surface area contributed by atoms with E-state index in [1.54, 1.807) is 29.8 Å². The summed E-state index contributed by atoms with van der Waals surface area (Å²) in [5.74, 6) is 0. The van der Waals surface area contributed by atoms with Crippen molar-refractivity contribution in [3.63, 3.8) is 0 Å². The molecular weight excluding hydrogens is 289 g/mol. The molecule has 4 heteroatoms. The first-order valence-corrected chi connectivity index (χ1v) is 5.90. The molecule has 2 nitrogen and oxygen atoms in total. The van der Waals surface area contributed by atoms with Gasteiger partial charge in [-0.25, -0.2) is 0 Å². The Labute approximate surface area is 107 Å². The largest absolute Gasteiger partial charge is 0.283 e. The molecule has 0 saturated carbocycles. The Bertz CT molecular complexity index is 592. The average Bonchev–Trinajstić information content (AvgIpc) is 2.23. The van der Waals surface area contributed by atoms with Crippen molar-refractivity contribution in [2.75, 3.05) is 0 Å². The van der Waals surface area contributed by atoms with Crippen molar-refractivity contribution in [3.05, 3.63) is 61.9 Å². The second-order valence-electron chi connectivity index (χ2n) is 3.46. The molecule has 0 aliphatic rings. The van der Waals surface area contributed by atoms with Crippen LogP contribution >= 0.6 is 27.5 Å². The Balaban J connectivity index is 2.68. The summed E-state index contributed by atoms with van der Waals surface area (Å²) in [6, 6.07) is 9.05. The third kappa shape index (κ3) is 2.06. The zero-order valence-corrected chi connectivity index (χ0v) is 10.9. The number of aryl methyl sites for hydroxylation is 1. The van der Waals surface area contributed by atoms with Gasteiger partial charge in [0.2, 0.25) is 0 Å². The lowest BCUT2D eigenvalue weighted by atomic mass is 10.2. The van der Waals surface area contributed by atoms with Crippen molar-refractivity contribution < 1.29 is 0 Å². The highest BCUT2D eigenvalue weighted by molar-refractivity contribution is 9.10. The number of benzene rings is 1. The van der Waals surface area contributed by atoms with E-state index in [9.17, 15) is 4.79 Å². The lowest BCUT2D eigenvalue weighted by Gasteiger charge is -2.08. The van der Waals surface area contributed by atoms with Crippen molar-refractivity contribution in [2.45, 2.75) is 6.92 Å². The summed E-state index contributed by atoms with van der Waals surface area (Å²) in [6.45, 7) is 1.78. The Morgan fingerprint density at radius 3 is 2.75 bits per heavy atom. The van der Waals surface area contributed by atoms with E-state index in [2.05, 4.69) is 15.9 Å². The summed E-state index contributed by atoms with van der Waals surface area (Å²) >= 11 is 9.43. The first kappa shape index (κ1) is 11.4. The predicted molar refractivity (Wildman–Crippen MR) is 69.5 cm³/mol. The van der Waals surface area contributed by atoms with Crippen LogP contribution in [0.4, 0.5) is 0 Å². The number of pyridine rings is 1. The van der Waals surface area contributed by atoms with E-state index in [0.29, 0.717) is 16.3 Å². The molecule has 0 N–H and O–H groups in total. The number of hydrogen-bond acceptors (Lipinski definition) is 1. The van der Waals surface area contributed by atoms with Gasteiger partial charge in [0, 0.05) is 16.2 Å². The lowest BCUT2D eigenvalue weighted by molar-refractivity contribution is 0.970. The minimum Gasteiger partial charge on any atom is -0.283 e.